The number of nitro groups is 1. The van der Waals surface area contributed by atoms with E-state index in [0.29, 0.717) is 17.8 Å². The molecule has 0 aliphatic rings. The number of nitrogens with zero attached hydrogens (tertiary/aromatic N) is 1. The average Bonchev–Trinajstić information content (AvgIpc) is 2.65. The van der Waals surface area contributed by atoms with Gasteiger partial charge in [0.05, 0.1) is 17.6 Å². The zero-order valence-corrected chi connectivity index (χ0v) is 13.7. The molecule has 0 spiro atoms. The number of amides is 1. The summed E-state index contributed by atoms with van der Waals surface area (Å²) in [4.78, 5) is 33.6. The van der Waals surface area contributed by atoms with Crippen molar-refractivity contribution in [3.63, 3.8) is 0 Å². The van der Waals surface area contributed by atoms with Crippen LogP contribution in [0.1, 0.15) is 26.3 Å². The van der Waals surface area contributed by atoms with Crippen LogP contribution in [0, 0.1) is 10.1 Å². The van der Waals surface area contributed by atoms with Crippen LogP contribution >= 0.6 is 0 Å². The number of carbonyl (C=O) groups is 2. The SMILES string of the molecule is CNC(=O)c1ccc(CNc2ccc([N+](=O)[O-])cc2C(=O)OC)cc1. The minimum absolute atomic E-state index is 0.0821. The van der Waals surface area contributed by atoms with Crippen molar-refractivity contribution in [2.24, 2.45) is 0 Å². The van der Waals surface area contributed by atoms with E-state index in [4.69, 9.17) is 0 Å². The Balaban J connectivity index is 2.18. The van der Waals surface area contributed by atoms with Gasteiger partial charge in [0.2, 0.25) is 0 Å². The fourth-order valence-electron chi connectivity index (χ4n) is 2.19. The monoisotopic (exact) mass is 343 g/mol. The predicted molar refractivity (Wildman–Crippen MR) is 91.6 cm³/mol. The minimum Gasteiger partial charge on any atom is -0.465 e. The topological polar surface area (TPSA) is 111 Å². The highest BCUT2D eigenvalue weighted by atomic mass is 16.6. The summed E-state index contributed by atoms with van der Waals surface area (Å²) in [6.07, 6.45) is 0. The first kappa shape index (κ1) is 17.9. The van der Waals surface area contributed by atoms with Crippen molar-refractivity contribution < 1.29 is 19.2 Å². The molecule has 2 rings (SSSR count). The number of non-ortho nitro benzene ring substituents is 1. The number of nitrogens with one attached hydrogen (secondary N) is 2. The van der Waals surface area contributed by atoms with Crippen LogP contribution in [0.5, 0.6) is 0 Å². The number of rotatable bonds is 6. The third-order valence-corrected chi connectivity index (χ3v) is 3.55. The van der Waals surface area contributed by atoms with E-state index in [1.165, 1.54) is 25.3 Å². The largest absolute Gasteiger partial charge is 0.465 e. The minimum atomic E-state index is -0.666. The maximum Gasteiger partial charge on any atom is 0.340 e. The number of carbonyl (C=O) groups excluding carboxylic acids is 2. The fourth-order valence-corrected chi connectivity index (χ4v) is 2.19. The second-order valence-electron chi connectivity index (χ2n) is 5.11. The normalized spacial score (nSPS) is 10.0. The lowest BCUT2D eigenvalue weighted by molar-refractivity contribution is -0.384. The number of methoxy groups -OCH3 is 1. The zero-order valence-electron chi connectivity index (χ0n) is 13.7. The molecule has 0 fully saturated rings. The van der Waals surface area contributed by atoms with Crippen molar-refractivity contribution in [1.29, 1.82) is 0 Å². The fraction of sp³-hybridized carbons (Fsp3) is 0.176. The van der Waals surface area contributed by atoms with Crippen LogP contribution in [0.3, 0.4) is 0 Å². The summed E-state index contributed by atoms with van der Waals surface area (Å²) in [5, 5.41) is 16.5. The van der Waals surface area contributed by atoms with Crippen LogP contribution in [0.25, 0.3) is 0 Å². The van der Waals surface area contributed by atoms with Gasteiger partial charge in [-0.15, -0.1) is 0 Å². The van der Waals surface area contributed by atoms with Gasteiger partial charge in [-0.25, -0.2) is 4.79 Å². The lowest BCUT2D eigenvalue weighted by Crippen LogP contribution is -2.17. The number of hydrogen-bond acceptors (Lipinski definition) is 6. The van der Waals surface area contributed by atoms with Crippen molar-refractivity contribution in [1.82, 2.24) is 5.32 Å². The first-order valence-corrected chi connectivity index (χ1v) is 7.38. The molecule has 0 atom stereocenters. The molecule has 8 heteroatoms. The number of esters is 1. The molecule has 0 heterocycles. The van der Waals surface area contributed by atoms with Gasteiger partial charge in [0.1, 0.15) is 0 Å². The standard InChI is InChI=1S/C17H17N3O5/c1-18-16(21)12-5-3-11(4-6-12)10-19-15-8-7-13(20(23)24)9-14(15)17(22)25-2/h3-9,19H,10H2,1-2H3,(H,18,21). The van der Waals surface area contributed by atoms with E-state index in [1.54, 1.807) is 31.3 Å². The lowest BCUT2D eigenvalue weighted by atomic mass is 10.1. The van der Waals surface area contributed by atoms with Gasteiger partial charge in [-0.2, -0.15) is 0 Å². The molecule has 0 aliphatic heterocycles. The van der Waals surface area contributed by atoms with Crippen molar-refractivity contribution in [3.05, 3.63) is 69.3 Å². The van der Waals surface area contributed by atoms with Crippen molar-refractivity contribution >= 4 is 23.3 Å². The Labute approximate surface area is 144 Å². The molecule has 0 saturated carbocycles. The molecule has 0 unspecified atom stereocenters. The molecule has 2 aromatic rings. The van der Waals surface area contributed by atoms with Gasteiger partial charge in [-0.3, -0.25) is 14.9 Å². The second kappa shape index (κ2) is 7.91. The maximum atomic E-state index is 11.8. The van der Waals surface area contributed by atoms with Gasteiger partial charge in [0, 0.05) is 37.0 Å². The lowest BCUT2D eigenvalue weighted by Gasteiger charge is -2.11. The van der Waals surface area contributed by atoms with E-state index in [1.807, 2.05) is 0 Å². The Hall–Kier alpha value is -3.42. The van der Waals surface area contributed by atoms with E-state index in [9.17, 15) is 19.7 Å². The molecule has 0 saturated heterocycles. The molecule has 2 aromatic carbocycles. The molecule has 25 heavy (non-hydrogen) atoms. The predicted octanol–water partition coefficient (Wildman–Crippen LogP) is 2.35. The van der Waals surface area contributed by atoms with E-state index < -0.39 is 10.9 Å². The van der Waals surface area contributed by atoms with Crippen molar-refractivity contribution in [2.75, 3.05) is 19.5 Å². The highest BCUT2D eigenvalue weighted by Gasteiger charge is 2.17. The average molecular weight is 343 g/mol. The second-order valence-corrected chi connectivity index (χ2v) is 5.11. The van der Waals surface area contributed by atoms with Gasteiger partial charge in [0.25, 0.3) is 11.6 Å². The first-order chi connectivity index (χ1) is 12.0. The molecule has 0 aliphatic carbocycles. The molecule has 0 bridgehead atoms. The molecular formula is C17H17N3O5. The summed E-state index contributed by atoms with van der Waals surface area (Å²) in [5.74, 6) is -0.843. The number of benzene rings is 2. The molecule has 1 amide bonds. The van der Waals surface area contributed by atoms with E-state index in [2.05, 4.69) is 15.4 Å². The van der Waals surface area contributed by atoms with Crippen LogP contribution in [0.15, 0.2) is 42.5 Å². The summed E-state index contributed by atoms with van der Waals surface area (Å²) in [6, 6.07) is 10.9. The van der Waals surface area contributed by atoms with Gasteiger partial charge < -0.3 is 15.4 Å². The number of anilines is 1. The number of hydrogen-bond donors (Lipinski definition) is 2. The Morgan fingerprint density at radius 1 is 1.16 bits per heavy atom. The molecule has 130 valence electrons. The van der Waals surface area contributed by atoms with Crippen molar-refractivity contribution in [3.8, 4) is 0 Å². The number of nitro benzene ring substituents is 1. The first-order valence-electron chi connectivity index (χ1n) is 7.38. The number of ether oxygens (including phenoxy) is 1. The van der Waals surface area contributed by atoms with E-state index >= 15 is 0 Å². The zero-order chi connectivity index (χ0) is 18.4. The summed E-state index contributed by atoms with van der Waals surface area (Å²) in [7, 11) is 2.77. The van der Waals surface area contributed by atoms with Crippen LogP contribution in [0.4, 0.5) is 11.4 Å². The summed E-state index contributed by atoms with van der Waals surface area (Å²) >= 11 is 0. The Kier molecular flexibility index (Phi) is 5.67. The van der Waals surface area contributed by atoms with Crippen LogP contribution < -0.4 is 10.6 Å². The quantitative estimate of drug-likeness (QED) is 0.473. The van der Waals surface area contributed by atoms with Crippen LogP contribution in [-0.2, 0) is 11.3 Å². The highest BCUT2D eigenvalue weighted by Crippen LogP contribution is 2.23. The summed E-state index contributed by atoms with van der Waals surface area (Å²) < 4.78 is 4.67. The van der Waals surface area contributed by atoms with Crippen LogP contribution in [-0.4, -0.2) is 31.0 Å². The highest BCUT2D eigenvalue weighted by molar-refractivity contribution is 5.96. The smallest absolute Gasteiger partial charge is 0.340 e. The van der Waals surface area contributed by atoms with E-state index in [0.717, 1.165) is 5.56 Å². The summed E-state index contributed by atoms with van der Waals surface area (Å²) in [5.41, 5.74) is 1.73. The third-order valence-electron chi connectivity index (χ3n) is 3.55. The van der Waals surface area contributed by atoms with Gasteiger partial charge in [-0.05, 0) is 23.8 Å². The Morgan fingerprint density at radius 2 is 1.84 bits per heavy atom. The third kappa shape index (κ3) is 4.31. The van der Waals surface area contributed by atoms with Crippen LogP contribution in [0.2, 0.25) is 0 Å². The maximum absolute atomic E-state index is 11.8. The van der Waals surface area contributed by atoms with E-state index in [-0.39, 0.29) is 17.2 Å². The molecular weight excluding hydrogens is 326 g/mol. The molecule has 0 aromatic heterocycles. The molecule has 8 nitrogen and oxygen atoms in total. The van der Waals surface area contributed by atoms with Gasteiger partial charge >= 0.3 is 5.97 Å². The molecule has 2 N–H and O–H groups in total. The Bertz CT molecular complexity index is 802. The molecule has 0 radical (unpaired) electrons. The van der Waals surface area contributed by atoms with Crippen molar-refractivity contribution in [2.45, 2.75) is 6.54 Å². The summed E-state index contributed by atoms with van der Waals surface area (Å²) in [6.45, 7) is 0.371. The van der Waals surface area contributed by atoms with Gasteiger partial charge in [-0.1, -0.05) is 12.1 Å². The van der Waals surface area contributed by atoms with Gasteiger partial charge in [0.15, 0.2) is 0 Å². The Morgan fingerprint density at radius 3 is 2.40 bits per heavy atom.